The second-order valence-electron chi connectivity index (χ2n) is 6.70. The summed E-state index contributed by atoms with van der Waals surface area (Å²) < 4.78 is 6.86. The zero-order valence-electron chi connectivity index (χ0n) is 16.6. The number of ether oxygens (including phenoxy) is 1. The molecule has 2 aromatic carbocycles. The first-order chi connectivity index (χ1) is 14.5. The molecular formula is C22H20N4O3S. The summed E-state index contributed by atoms with van der Waals surface area (Å²) in [5, 5.41) is 8.17. The van der Waals surface area contributed by atoms with Gasteiger partial charge in [0.1, 0.15) is 5.75 Å². The minimum absolute atomic E-state index is 0.129. The van der Waals surface area contributed by atoms with Gasteiger partial charge in [0.15, 0.2) is 5.13 Å². The summed E-state index contributed by atoms with van der Waals surface area (Å²) in [6.07, 6.45) is 1.50. The predicted octanol–water partition coefficient (Wildman–Crippen LogP) is 3.87. The van der Waals surface area contributed by atoms with E-state index in [-0.39, 0.29) is 17.8 Å². The number of hydrogen-bond donors (Lipinski definition) is 1. The SMILES string of the molecule is COc1ccc(-c2nc(NC(=O)CCn3ncc(=O)c4ccccc43)sc2C)cc1. The molecule has 8 heteroatoms. The van der Waals surface area contributed by atoms with Gasteiger partial charge in [-0.1, -0.05) is 12.1 Å². The first-order valence-corrected chi connectivity index (χ1v) is 10.2. The molecule has 152 valence electrons. The standard InChI is InChI=1S/C22H20N4O3S/c1-14-21(15-7-9-16(29-2)10-8-15)25-22(30-14)24-20(28)11-12-26-18-6-4-3-5-17(18)19(27)13-23-26/h3-10,13H,11-12H2,1-2H3,(H,24,25,28). The molecule has 0 saturated carbocycles. The molecule has 0 aliphatic carbocycles. The van der Waals surface area contributed by atoms with Crippen molar-refractivity contribution in [1.82, 2.24) is 14.8 Å². The van der Waals surface area contributed by atoms with Gasteiger partial charge in [0, 0.05) is 22.2 Å². The minimum atomic E-state index is -0.158. The van der Waals surface area contributed by atoms with E-state index in [0.717, 1.165) is 21.9 Å². The van der Waals surface area contributed by atoms with Crippen LogP contribution < -0.4 is 15.5 Å². The summed E-state index contributed by atoms with van der Waals surface area (Å²) in [6.45, 7) is 2.34. The van der Waals surface area contributed by atoms with E-state index in [1.807, 2.05) is 49.4 Å². The minimum Gasteiger partial charge on any atom is -0.497 e. The van der Waals surface area contributed by atoms with E-state index in [4.69, 9.17) is 4.74 Å². The van der Waals surface area contributed by atoms with Crippen molar-refractivity contribution in [2.45, 2.75) is 19.9 Å². The maximum absolute atomic E-state index is 12.5. The van der Waals surface area contributed by atoms with Crippen molar-refractivity contribution in [2.75, 3.05) is 12.4 Å². The molecular weight excluding hydrogens is 400 g/mol. The van der Waals surface area contributed by atoms with Crippen LogP contribution in [0.5, 0.6) is 5.75 Å². The Labute approximate surface area is 177 Å². The van der Waals surface area contributed by atoms with Gasteiger partial charge in [0.25, 0.3) is 0 Å². The summed E-state index contributed by atoms with van der Waals surface area (Å²) in [5.74, 6) is 0.624. The molecule has 2 heterocycles. The van der Waals surface area contributed by atoms with Gasteiger partial charge in [-0.2, -0.15) is 5.10 Å². The predicted molar refractivity (Wildman–Crippen MR) is 118 cm³/mol. The Morgan fingerprint density at radius 2 is 1.93 bits per heavy atom. The van der Waals surface area contributed by atoms with Crippen molar-refractivity contribution in [2.24, 2.45) is 0 Å². The number of carbonyl (C=O) groups is 1. The van der Waals surface area contributed by atoms with Crippen LogP contribution in [0, 0.1) is 6.92 Å². The van der Waals surface area contributed by atoms with Crippen LogP contribution in [0.3, 0.4) is 0 Å². The van der Waals surface area contributed by atoms with Gasteiger partial charge in [-0.05, 0) is 43.3 Å². The summed E-state index contributed by atoms with van der Waals surface area (Å²) >= 11 is 1.44. The molecule has 0 atom stereocenters. The molecule has 0 fully saturated rings. The fourth-order valence-corrected chi connectivity index (χ4v) is 4.05. The summed E-state index contributed by atoms with van der Waals surface area (Å²) in [7, 11) is 1.63. The molecule has 7 nitrogen and oxygen atoms in total. The van der Waals surface area contributed by atoms with Crippen LogP contribution in [0.1, 0.15) is 11.3 Å². The number of aromatic nitrogens is 3. The van der Waals surface area contributed by atoms with Crippen LogP contribution >= 0.6 is 11.3 Å². The molecule has 2 aromatic heterocycles. The lowest BCUT2D eigenvalue weighted by atomic mass is 10.1. The third kappa shape index (κ3) is 4.08. The van der Waals surface area contributed by atoms with Crippen LogP contribution in [0.2, 0.25) is 0 Å². The average Bonchev–Trinajstić information content (AvgIpc) is 3.13. The van der Waals surface area contributed by atoms with Crippen molar-refractivity contribution in [3.8, 4) is 17.0 Å². The van der Waals surface area contributed by atoms with E-state index in [9.17, 15) is 9.59 Å². The third-order valence-electron chi connectivity index (χ3n) is 4.72. The number of fused-ring (bicyclic) bond motifs is 1. The summed E-state index contributed by atoms with van der Waals surface area (Å²) in [5.41, 5.74) is 2.39. The van der Waals surface area contributed by atoms with Crippen LogP contribution in [0.15, 0.2) is 59.5 Å². The lowest BCUT2D eigenvalue weighted by Gasteiger charge is -2.08. The monoisotopic (exact) mass is 420 g/mol. The van der Waals surface area contributed by atoms with E-state index in [2.05, 4.69) is 15.4 Å². The lowest BCUT2D eigenvalue weighted by Crippen LogP contribution is -2.17. The number of rotatable bonds is 6. The molecule has 1 N–H and O–H groups in total. The number of para-hydroxylation sites is 1. The van der Waals surface area contributed by atoms with Crippen molar-refractivity contribution in [3.63, 3.8) is 0 Å². The maximum atomic E-state index is 12.5. The van der Waals surface area contributed by atoms with E-state index < -0.39 is 0 Å². The molecule has 30 heavy (non-hydrogen) atoms. The number of thiazole rings is 1. The quantitative estimate of drug-likeness (QED) is 0.512. The fraction of sp³-hybridized carbons (Fsp3) is 0.182. The van der Waals surface area contributed by atoms with Crippen LogP contribution in [-0.4, -0.2) is 27.8 Å². The molecule has 0 aliphatic heterocycles. The second kappa shape index (κ2) is 8.46. The third-order valence-corrected chi connectivity index (χ3v) is 5.61. The number of benzene rings is 2. The molecule has 1 amide bonds. The zero-order valence-corrected chi connectivity index (χ0v) is 17.4. The molecule has 0 radical (unpaired) electrons. The van der Waals surface area contributed by atoms with Gasteiger partial charge in [0.2, 0.25) is 11.3 Å². The van der Waals surface area contributed by atoms with Crippen LogP contribution in [0.4, 0.5) is 5.13 Å². The summed E-state index contributed by atoms with van der Waals surface area (Å²) in [4.78, 5) is 30.0. The largest absolute Gasteiger partial charge is 0.497 e. The smallest absolute Gasteiger partial charge is 0.228 e. The average molecular weight is 420 g/mol. The Bertz CT molecular complexity index is 1260. The van der Waals surface area contributed by atoms with Gasteiger partial charge < -0.3 is 10.1 Å². The van der Waals surface area contributed by atoms with Crippen molar-refractivity contribution >= 4 is 33.3 Å². The van der Waals surface area contributed by atoms with Crippen molar-refractivity contribution in [1.29, 1.82) is 0 Å². The number of anilines is 1. The maximum Gasteiger partial charge on any atom is 0.228 e. The highest BCUT2D eigenvalue weighted by Crippen LogP contribution is 2.31. The van der Waals surface area contributed by atoms with Crippen LogP contribution in [0.25, 0.3) is 22.2 Å². The first kappa shape index (κ1) is 19.8. The molecule has 0 aliphatic rings. The number of carbonyl (C=O) groups excluding carboxylic acids is 1. The Kier molecular flexibility index (Phi) is 5.58. The Hall–Kier alpha value is -3.52. The molecule has 0 bridgehead atoms. The number of methoxy groups -OCH3 is 1. The highest BCUT2D eigenvalue weighted by molar-refractivity contribution is 7.16. The van der Waals surface area contributed by atoms with Gasteiger partial charge in [-0.25, -0.2) is 4.98 Å². The lowest BCUT2D eigenvalue weighted by molar-refractivity contribution is -0.116. The van der Waals surface area contributed by atoms with E-state index in [1.54, 1.807) is 17.9 Å². The van der Waals surface area contributed by atoms with Crippen molar-refractivity contribution < 1.29 is 9.53 Å². The molecule has 4 aromatic rings. The van der Waals surface area contributed by atoms with Gasteiger partial charge in [-0.15, -0.1) is 11.3 Å². The van der Waals surface area contributed by atoms with E-state index >= 15 is 0 Å². The second-order valence-corrected chi connectivity index (χ2v) is 7.90. The van der Waals surface area contributed by atoms with Crippen molar-refractivity contribution in [3.05, 3.63) is 69.8 Å². The highest BCUT2D eigenvalue weighted by atomic mass is 32.1. The number of amides is 1. The normalized spacial score (nSPS) is 10.9. The summed E-state index contributed by atoms with van der Waals surface area (Å²) in [6, 6.07) is 14.9. The fourth-order valence-electron chi connectivity index (χ4n) is 3.19. The van der Waals surface area contributed by atoms with Crippen LogP contribution in [-0.2, 0) is 11.3 Å². The number of nitrogens with zero attached hydrogens (tertiary/aromatic N) is 3. The Balaban J connectivity index is 1.45. The zero-order chi connectivity index (χ0) is 21.1. The first-order valence-electron chi connectivity index (χ1n) is 9.42. The molecule has 4 rings (SSSR count). The topological polar surface area (TPSA) is 86.1 Å². The Morgan fingerprint density at radius 3 is 2.70 bits per heavy atom. The van der Waals surface area contributed by atoms with Gasteiger partial charge in [0.05, 0.1) is 31.1 Å². The number of aryl methyl sites for hydroxylation is 2. The Morgan fingerprint density at radius 1 is 1.17 bits per heavy atom. The van der Waals surface area contributed by atoms with E-state index in [0.29, 0.717) is 22.6 Å². The molecule has 0 spiro atoms. The highest BCUT2D eigenvalue weighted by Gasteiger charge is 2.13. The van der Waals surface area contributed by atoms with Gasteiger partial charge >= 0.3 is 0 Å². The number of hydrogen-bond acceptors (Lipinski definition) is 6. The number of nitrogens with one attached hydrogen (secondary N) is 1. The molecule has 0 unspecified atom stereocenters. The molecule has 0 saturated heterocycles. The van der Waals surface area contributed by atoms with Gasteiger partial charge in [-0.3, -0.25) is 14.3 Å². The van der Waals surface area contributed by atoms with E-state index in [1.165, 1.54) is 17.5 Å².